The van der Waals surface area contributed by atoms with Crippen molar-refractivity contribution in [3.8, 4) is 5.75 Å². The molecule has 0 amide bonds. The van der Waals surface area contributed by atoms with Gasteiger partial charge in [0.25, 0.3) is 0 Å². The molecule has 1 aromatic carbocycles. The van der Waals surface area contributed by atoms with Crippen LogP contribution in [-0.4, -0.2) is 46.7 Å². The van der Waals surface area contributed by atoms with Gasteiger partial charge >= 0.3 is 11.9 Å². The van der Waals surface area contributed by atoms with Crippen molar-refractivity contribution in [3.63, 3.8) is 0 Å². The first-order valence-corrected chi connectivity index (χ1v) is 8.60. The fourth-order valence-corrected chi connectivity index (χ4v) is 3.58. The Kier molecular flexibility index (Phi) is 6.02. The van der Waals surface area contributed by atoms with Gasteiger partial charge in [-0.3, -0.25) is 14.4 Å². The average Bonchev–Trinajstić information content (AvgIpc) is 2.54. The van der Waals surface area contributed by atoms with Gasteiger partial charge in [0.1, 0.15) is 11.7 Å². The number of aliphatic hydroxyl groups is 1. The highest BCUT2D eigenvalue weighted by atomic mass is 16.5. The maximum Gasteiger partial charge on any atom is 0.317 e. The Bertz CT molecular complexity index is 678. The van der Waals surface area contributed by atoms with Crippen LogP contribution in [0, 0.1) is 11.8 Å². The van der Waals surface area contributed by atoms with Gasteiger partial charge < -0.3 is 19.7 Å². The summed E-state index contributed by atoms with van der Waals surface area (Å²) in [5.41, 5.74) is -1.21. The quantitative estimate of drug-likeness (QED) is 0.602. The van der Waals surface area contributed by atoms with E-state index >= 15 is 0 Å². The van der Waals surface area contributed by atoms with Crippen LogP contribution in [0.1, 0.15) is 38.7 Å². The largest absolute Gasteiger partial charge is 0.508 e. The smallest absolute Gasteiger partial charge is 0.317 e. The Morgan fingerprint density at radius 1 is 1.12 bits per heavy atom. The van der Waals surface area contributed by atoms with Crippen molar-refractivity contribution in [1.82, 2.24) is 0 Å². The molecule has 2 N–H and O–H groups in total. The predicted octanol–water partition coefficient (Wildman–Crippen LogP) is 1.56. The lowest BCUT2D eigenvalue weighted by atomic mass is 9.61. The number of Topliss-reactive ketones (excluding diaryl/α,β-unsaturated/α-hetero) is 1. The summed E-state index contributed by atoms with van der Waals surface area (Å²) in [6, 6.07) is 5.83. The van der Waals surface area contributed by atoms with Crippen molar-refractivity contribution < 1.29 is 34.1 Å². The molecule has 0 aliphatic heterocycles. The summed E-state index contributed by atoms with van der Waals surface area (Å²) in [5.74, 6) is -5.22. The minimum atomic E-state index is -1.67. The summed E-state index contributed by atoms with van der Waals surface area (Å²) >= 11 is 0. The van der Waals surface area contributed by atoms with Crippen molar-refractivity contribution >= 4 is 17.7 Å². The zero-order valence-corrected chi connectivity index (χ0v) is 15.1. The second kappa shape index (κ2) is 7.86. The number of hydrogen-bond acceptors (Lipinski definition) is 7. The van der Waals surface area contributed by atoms with Gasteiger partial charge in [0, 0.05) is 12.3 Å². The molecule has 7 heteroatoms. The number of phenolic OH excluding ortho intramolecular Hbond substituents is 1. The predicted molar refractivity (Wildman–Crippen MR) is 91.3 cm³/mol. The van der Waals surface area contributed by atoms with Crippen molar-refractivity contribution in [3.05, 3.63) is 29.8 Å². The Labute approximate surface area is 151 Å². The third-order valence-corrected chi connectivity index (χ3v) is 4.63. The molecule has 142 valence electrons. The van der Waals surface area contributed by atoms with Crippen LogP contribution in [0.3, 0.4) is 0 Å². The van der Waals surface area contributed by atoms with Gasteiger partial charge in [-0.25, -0.2) is 0 Å². The first kappa shape index (κ1) is 19.9. The molecule has 0 unspecified atom stereocenters. The lowest BCUT2D eigenvalue weighted by Gasteiger charge is -2.43. The van der Waals surface area contributed by atoms with Gasteiger partial charge in [0.05, 0.1) is 24.7 Å². The van der Waals surface area contributed by atoms with Crippen LogP contribution in [0.2, 0.25) is 0 Å². The molecule has 0 radical (unpaired) electrons. The summed E-state index contributed by atoms with van der Waals surface area (Å²) in [6.45, 7) is 4.84. The molecule has 0 spiro atoms. The number of rotatable bonds is 5. The van der Waals surface area contributed by atoms with Gasteiger partial charge in [0.15, 0.2) is 5.78 Å². The minimum Gasteiger partial charge on any atom is -0.508 e. The third kappa shape index (κ3) is 3.88. The molecule has 0 saturated heterocycles. The maximum atomic E-state index is 12.6. The first-order chi connectivity index (χ1) is 12.2. The molecule has 0 bridgehead atoms. The highest BCUT2D eigenvalue weighted by Gasteiger charge is 2.57. The van der Waals surface area contributed by atoms with Gasteiger partial charge in [-0.2, -0.15) is 0 Å². The number of aromatic hydroxyl groups is 1. The number of ketones is 1. The lowest BCUT2D eigenvalue weighted by Crippen LogP contribution is -2.55. The summed E-state index contributed by atoms with van der Waals surface area (Å²) in [6.07, 6.45) is -0.353. The molecule has 0 heterocycles. The number of carbonyl (C=O) groups is 3. The molecule has 1 saturated carbocycles. The normalized spacial score (nSPS) is 28.5. The van der Waals surface area contributed by atoms with Crippen molar-refractivity contribution in [1.29, 1.82) is 0 Å². The summed E-state index contributed by atoms with van der Waals surface area (Å²) in [7, 11) is 0. The number of esters is 2. The van der Waals surface area contributed by atoms with Crippen LogP contribution in [0.5, 0.6) is 5.75 Å². The highest BCUT2D eigenvalue weighted by molar-refractivity contribution is 6.02. The summed E-state index contributed by atoms with van der Waals surface area (Å²) < 4.78 is 10.1. The Morgan fingerprint density at radius 2 is 1.65 bits per heavy atom. The average molecular weight is 364 g/mol. The second-order valence-electron chi connectivity index (χ2n) is 6.58. The third-order valence-electron chi connectivity index (χ3n) is 4.63. The molecule has 1 fully saturated rings. The van der Waals surface area contributed by atoms with Gasteiger partial charge in [-0.15, -0.1) is 0 Å². The molecule has 7 nitrogen and oxygen atoms in total. The number of carbonyl (C=O) groups excluding carboxylic acids is 3. The van der Waals surface area contributed by atoms with E-state index < -0.39 is 41.1 Å². The summed E-state index contributed by atoms with van der Waals surface area (Å²) in [4.78, 5) is 37.7. The molecule has 4 atom stereocenters. The van der Waals surface area contributed by atoms with Crippen LogP contribution >= 0.6 is 0 Å². The molecule has 1 aromatic rings. The van der Waals surface area contributed by atoms with E-state index in [4.69, 9.17) is 9.47 Å². The standard InChI is InChI=1S/C19H24O7/c1-4-25-17(22)15-13(21)10-19(3,24)16(18(23)26-5-2)14(15)11-6-8-12(20)9-7-11/h6-9,14-16,20,24H,4-5,10H2,1-3H3/t14-,15+,16-,19+/m1/s1. The zero-order chi connectivity index (χ0) is 19.5. The van der Waals surface area contributed by atoms with E-state index in [1.807, 2.05) is 0 Å². The van der Waals surface area contributed by atoms with Crippen LogP contribution in [-0.2, 0) is 23.9 Å². The topological polar surface area (TPSA) is 110 Å². The SMILES string of the molecule is CCOC(=O)[C@H]1C(=O)C[C@](C)(O)[C@@H](C(=O)OCC)[C@@H]1c1ccc(O)cc1. The van der Waals surface area contributed by atoms with Crippen molar-refractivity contribution in [2.45, 2.75) is 38.7 Å². The number of ether oxygens (including phenoxy) is 2. The maximum absolute atomic E-state index is 12.6. The lowest BCUT2D eigenvalue weighted by molar-refractivity contribution is -0.172. The second-order valence-corrected chi connectivity index (χ2v) is 6.58. The van der Waals surface area contributed by atoms with E-state index in [1.54, 1.807) is 13.8 Å². The highest BCUT2D eigenvalue weighted by Crippen LogP contribution is 2.46. The number of phenols is 1. The van der Waals surface area contributed by atoms with E-state index in [0.717, 1.165) is 0 Å². The van der Waals surface area contributed by atoms with E-state index in [1.165, 1.54) is 31.2 Å². The van der Waals surface area contributed by atoms with Crippen LogP contribution in [0.25, 0.3) is 0 Å². The van der Waals surface area contributed by atoms with E-state index in [0.29, 0.717) is 5.56 Å². The molecule has 1 aliphatic carbocycles. The molecular formula is C19H24O7. The van der Waals surface area contributed by atoms with E-state index in [-0.39, 0.29) is 25.4 Å². The van der Waals surface area contributed by atoms with Gasteiger partial charge in [-0.1, -0.05) is 12.1 Å². The van der Waals surface area contributed by atoms with E-state index in [9.17, 15) is 24.6 Å². The molecule has 2 rings (SSSR count). The van der Waals surface area contributed by atoms with E-state index in [2.05, 4.69) is 0 Å². The monoisotopic (exact) mass is 364 g/mol. The Hall–Kier alpha value is -2.41. The van der Waals surface area contributed by atoms with Crippen molar-refractivity contribution in [2.24, 2.45) is 11.8 Å². The number of hydrogen-bond donors (Lipinski definition) is 2. The molecule has 1 aliphatic rings. The number of benzene rings is 1. The fourth-order valence-electron chi connectivity index (χ4n) is 3.58. The first-order valence-electron chi connectivity index (χ1n) is 8.60. The minimum absolute atomic E-state index is 0.00279. The molecular weight excluding hydrogens is 340 g/mol. The van der Waals surface area contributed by atoms with Gasteiger partial charge in [0.2, 0.25) is 0 Å². The van der Waals surface area contributed by atoms with Crippen molar-refractivity contribution in [2.75, 3.05) is 13.2 Å². The molecule has 0 aromatic heterocycles. The zero-order valence-electron chi connectivity index (χ0n) is 15.1. The molecule has 26 heavy (non-hydrogen) atoms. The summed E-state index contributed by atoms with van der Waals surface area (Å²) in [5, 5.41) is 20.3. The van der Waals surface area contributed by atoms with Crippen LogP contribution in [0.15, 0.2) is 24.3 Å². The van der Waals surface area contributed by atoms with Gasteiger partial charge in [-0.05, 0) is 38.5 Å². The van der Waals surface area contributed by atoms with Crippen LogP contribution < -0.4 is 0 Å². The Morgan fingerprint density at radius 3 is 2.19 bits per heavy atom. The fraction of sp³-hybridized carbons (Fsp3) is 0.526. The Balaban J connectivity index is 2.59. The van der Waals surface area contributed by atoms with Crippen LogP contribution in [0.4, 0.5) is 0 Å².